The molecule has 1 aliphatic rings. The first-order valence-corrected chi connectivity index (χ1v) is 6.38. The lowest BCUT2D eigenvalue weighted by Gasteiger charge is -2.36. The van der Waals surface area contributed by atoms with Crippen LogP contribution >= 0.6 is 11.6 Å². The molecule has 2 nitrogen and oxygen atoms in total. The molecule has 0 spiro atoms. The molecule has 1 aromatic rings. The Morgan fingerprint density at radius 3 is 2.94 bits per heavy atom. The van der Waals surface area contributed by atoms with Crippen molar-refractivity contribution in [1.82, 2.24) is 4.90 Å². The minimum atomic E-state index is -0.223. The molecule has 1 fully saturated rings. The van der Waals surface area contributed by atoms with Crippen molar-refractivity contribution in [1.29, 1.82) is 0 Å². The maximum absolute atomic E-state index is 13.7. The number of nitrogens with two attached hydrogens (primary N) is 1. The molecule has 2 atom stereocenters. The van der Waals surface area contributed by atoms with E-state index in [2.05, 4.69) is 11.8 Å². The summed E-state index contributed by atoms with van der Waals surface area (Å²) in [5, 5.41) is 0.507. The van der Waals surface area contributed by atoms with Gasteiger partial charge in [-0.05, 0) is 31.9 Å². The molecule has 2 unspecified atom stereocenters. The van der Waals surface area contributed by atoms with Crippen LogP contribution in [0, 0.1) is 5.82 Å². The molecule has 94 valence electrons. The predicted molar refractivity (Wildman–Crippen MR) is 68.5 cm³/mol. The summed E-state index contributed by atoms with van der Waals surface area (Å²) in [6, 6.07) is 5.49. The average molecular weight is 257 g/mol. The van der Waals surface area contributed by atoms with Gasteiger partial charge in [-0.2, -0.15) is 0 Å². The van der Waals surface area contributed by atoms with Crippen molar-refractivity contribution in [2.75, 3.05) is 6.54 Å². The number of nitrogens with zero attached hydrogens (tertiary/aromatic N) is 1. The van der Waals surface area contributed by atoms with Crippen LogP contribution in [0.15, 0.2) is 18.2 Å². The number of halogens is 2. The number of likely N-dealkylation sites (tertiary alicyclic amines) is 1. The van der Waals surface area contributed by atoms with Gasteiger partial charge in [-0.25, -0.2) is 4.39 Å². The van der Waals surface area contributed by atoms with Crippen molar-refractivity contribution in [3.63, 3.8) is 0 Å². The van der Waals surface area contributed by atoms with Gasteiger partial charge >= 0.3 is 0 Å². The molecule has 0 aliphatic carbocycles. The molecule has 0 radical (unpaired) electrons. The number of hydrogen-bond donors (Lipinski definition) is 1. The molecule has 0 bridgehead atoms. The summed E-state index contributed by atoms with van der Waals surface area (Å²) in [5.74, 6) is -0.223. The van der Waals surface area contributed by atoms with Crippen molar-refractivity contribution in [2.45, 2.75) is 38.4 Å². The predicted octanol–water partition coefficient (Wildman–Crippen LogP) is 2.79. The zero-order chi connectivity index (χ0) is 12.4. The summed E-state index contributed by atoms with van der Waals surface area (Å²) < 4.78 is 13.7. The van der Waals surface area contributed by atoms with Crippen LogP contribution < -0.4 is 5.73 Å². The summed E-state index contributed by atoms with van der Waals surface area (Å²) in [4.78, 5) is 2.24. The van der Waals surface area contributed by atoms with E-state index in [1.165, 1.54) is 6.07 Å². The van der Waals surface area contributed by atoms with Crippen LogP contribution in [0.1, 0.15) is 25.3 Å². The highest BCUT2D eigenvalue weighted by atomic mass is 35.5. The highest BCUT2D eigenvalue weighted by molar-refractivity contribution is 6.31. The van der Waals surface area contributed by atoms with Crippen molar-refractivity contribution in [3.8, 4) is 0 Å². The summed E-state index contributed by atoms with van der Waals surface area (Å²) >= 11 is 6.03. The van der Waals surface area contributed by atoms with Crippen molar-refractivity contribution in [3.05, 3.63) is 34.6 Å². The molecule has 1 heterocycles. The Labute approximate surface area is 107 Å². The molecule has 1 aromatic carbocycles. The number of hydrogen-bond acceptors (Lipinski definition) is 2. The monoisotopic (exact) mass is 256 g/mol. The first-order valence-electron chi connectivity index (χ1n) is 6.00. The standard InChI is InChI=1S/C13H18ClFN2/c1-9-7-10(16)5-6-17(9)8-11-12(14)3-2-4-13(11)15/h2-4,9-10H,5-8,16H2,1H3. The van der Waals surface area contributed by atoms with E-state index in [0.29, 0.717) is 23.2 Å². The molecule has 1 saturated heterocycles. The Kier molecular flexibility index (Phi) is 4.02. The minimum absolute atomic E-state index is 0.223. The first-order chi connectivity index (χ1) is 8.08. The SMILES string of the molecule is CC1CC(N)CCN1Cc1c(F)cccc1Cl. The molecular formula is C13H18ClFN2. The summed E-state index contributed by atoms with van der Waals surface area (Å²) in [6.45, 7) is 3.61. The van der Waals surface area contributed by atoms with Crippen LogP contribution in [-0.4, -0.2) is 23.5 Å². The van der Waals surface area contributed by atoms with Gasteiger partial charge in [-0.15, -0.1) is 0 Å². The molecular weight excluding hydrogens is 239 g/mol. The van der Waals surface area contributed by atoms with Gasteiger partial charge in [0.1, 0.15) is 5.82 Å². The summed E-state index contributed by atoms with van der Waals surface area (Å²) in [5.41, 5.74) is 6.51. The van der Waals surface area contributed by atoms with Gasteiger partial charge in [-0.1, -0.05) is 17.7 Å². The molecule has 1 aliphatic heterocycles. The lowest BCUT2D eigenvalue weighted by molar-refractivity contribution is 0.138. The van der Waals surface area contributed by atoms with Gasteiger partial charge in [0.05, 0.1) is 0 Å². The van der Waals surface area contributed by atoms with E-state index in [0.717, 1.165) is 19.4 Å². The smallest absolute Gasteiger partial charge is 0.129 e. The maximum atomic E-state index is 13.7. The zero-order valence-electron chi connectivity index (χ0n) is 10.00. The summed E-state index contributed by atoms with van der Waals surface area (Å²) in [7, 11) is 0. The fourth-order valence-corrected chi connectivity index (χ4v) is 2.60. The van der Waals surface area contributed by atoms with Crippen LogP contribution in [0.2, 0.25) is 5.02 Å². The van der Waals surface area contributed by atoms with Crippen LogP contribution in [0.25, 0.3) is 0 Å². The minimum Gasteiger partial charge on any atom is -0.328 e. The van der Waals surface area contributed by atoms with E-state index in [9.17, 15) is 4.39 Å². The van der Waals surface area contributed by atoms with E-state index in [1.54, 1.807) is 12.1 Å². The fourth-order valence-electron chi connectivity index (χ4n) is 2.38. The third-order valence-corrected chi connectivity index (χ3v) is 3.83. The van der Waals surface area contributed by atoms with Gasteiger partial charge < -0.3 is 5.73 Å². The van der Waals surface area contributed by atoms with E-state index < -0.39 is 0 Å². The van der Waals surface area contributed by atoms with E-state index in [-0.39, 0.29) is 11.9 Å². The molecule has 17 heavy (non-hydrogen) atoms. The van der Waals surface area contributed by atoms with Crippen molar-refractivity contribution < 1.29 is 4.39 Å². The normalized spacial score (nSPS) is 26.1. The van der Waals surface area contributed by atoms with Crippen molar-refractivity contribution >= 4 is 11.6 Å². The number of piperidine rings is 1. The third-order valence-electron chi connectivity index (χ3n) is 3.48. The number of rotatable bonds is 2. The number of benzene rings is 1. The quantitative estimate of drug-likeness (QED) is 0.882. The molecule has 4 heteroatoms. The van der Waals surface area contributed by atoms with Gasteiger partial charge in [-0.3, -0.25) is 4.90 Å². The van der Waals surface area contributed by atoms with Gasteiger partial charge in [0.15, 0.2) is 0 Å². The molecule has 0 saturated carbocycles. The summed E-state index contributed by atoms with van der Waals surface area (Å²) in [6.07, 6.45) is 1.93. The Hall–Kier alpha value is -0.640. The lowest BCUT2D eigenvalue weighted by atomic mass is 9.98. The highest BCUT2D eigenvalue weighted by Crippen LogP contribution is 2.24. The van der Waals surface area contributed by atoms with E-state index in [4.69, 9.17) is 17.3 Å². The third kappa shape index (κ3) is 2.97. The Morgan fingerprint density at radius 1 is 1.53 bits per heavy atom. The lowest BCUT2D eigenvalue weighted by Crippen LogP contribution is -2.45. The van der Waals surface area contributed by atoms with Crippen LogP contribution in [0.4, 0.5) is 4.39 Å². The Balaban J connectivity index is 2.10. The Morgan fingerprint density at radius 2 is 2.29 bits per heavy atom. The average Bonchev–Trinajstić information content (AvgIpc) is 2.26. The molecule has 0 amide bonds. The van der Waals surface area contributed by atoms with Gasteiger partial charge in [0.25, 0.3) is 0 Å². The largest absolute Gasteiger partial charge is 0.328 e. The fraction of sp³-hybridized carbons (Fsp3) is 0.538. The topological polar surface area (TPSA) is 29.3 Å². The van der Waals surface area contributed by atoms with Crippen LogP contribution in [-0.2, 0) is 6.54 Å². The molecule has 0 aromatic heterocycles. The second-order valence-electron chi connectivity index (χ2n) is 4.80. The zero-order valence-corrected chi connectivity index (χ0v) is 10.8. The van der Waals surface area contributed by atoms with E-state index >= 15 is 0 Å². The van der Waals surface area contributed by atoms with E-state index in [1.807, 2.05) is 0 Å². The maximum Gasteiger partial charge on any atom is 0.129 e. The van der Waals surface area contributed by atoms with Crippen LogP contribution in [0.5, 0.6) is 0 Å². The van der Waals surface area contributed by atoms with Crippen LogP contribution in [0.3, 0.4) is 0 Å². The Bertz CT molecular complexity index is 377. The highest BCUT2D eigenvalue weighted by Gasteiger charge is 2.24. The van der Waals surface area contributed by atoms with Gasteiger partial charge in [0.2, 0.25) is 0 Å². The second-order valence-corrected chi connectivity index (χ2v) is 5.21. The second kappa shape index (κ2) is 5.34. The molecule has 2 N–H and O–H groups in total. The van der Waals surface area contributed by atoms with Crippen molar-refractivity contribution in [2.24, 2.45) is 5.73 Å². The first kappa shape index (κ1) is 12.8. The molecule has 2 rings (SSSR count). The van der Waals surface area contributed by atoms with Gasteiger partial charge in [0, 0.05) is 35.8 Å².